The molecule has 172 valence electrons. The Labute approximate surface area is 197 Å². The molecular formula is C22H20N8O3S. The molecule has 1 saturated heterocycles. The highest BCUT2D eigenvalue weighted by molar-refractivity contribution is 7.14. The van der Waals surface area contributed by atoms with Crippen LogP contribution in [-0.4, -0.2) is 63.1 Å². The summed E-state index contributed by atoms with van der Waals surface area (Å²) in [5, 5.41) is 12.3. The number of carbonyl (C=O) groups is 1. The van der Waals surface area contributed by atoms with E-state index in [2.05, 4.69) is 30.4 Å². The van der Waals surface area contributed by atoms with Crippen LogP contribution in [0, 0.1) is 0 Å². The first-order valence-corrected chi connectivity index (χ1v) is 11.5. The number of aliphatic imine (C=N–C) groups is 1. The third kappa shape index (κ3) is 3.77. The normalized spacial score (nSPS) is 18.2. The van der Waals surface area contributed by atoms with Crippen molar-refractivity contribution in [3.05, 3.63) is 58.9 Å². The molecule has 5 heterocycles. The van der Waals surface area contributed by atoms with Crippen molar-refractivity contribution in [1.82, 2.24) is 25.1 Å². The number of nitrogens with one attached hydrogen (secondary N) is 2. The van der Waals surface area contributed by atoms with Gasteiger partial charge in [0, 0.05) is 42.5 Å². The molecule has 12 heteroatoms. The predicted octanol–water partition coefficient (Wildman–Crippen LogP) is 2.51. The molecule has 0 radical (unpaired) electrons. The molecule has 1 fully saturated rings. The molecule has 0 spiro atoms. The second-order valence-electron chi connectivity index (χ2n) is 7.83. The lowest BCUT2D eigenvalue weighted by atomic mass is 10.1. The Hall–Kier alpha value is -3.87. The second kappa shape index (κ2) is 8.48. The zero-order chi connectivity index (χ0) is 23.1. The summed E-state index contributed by atoms with van der Waals surface area (Å²) in [6.07, 6.45) is 4.32. The van der Waals surface area contributed by atoms with E-state index in [1.165, 1.54) is 23.7 Å². The Balaban J connectivity index is 1.35. The number of hydrogen-bond acceptors (Lipinski definition) is 10. The van der Waals surface area contributed by atoms with Gasteiger partial charge in [-0.25, -0.2) is 15.0 Å². The average molecular weight is 477 g/mol. The molecule has 4 aromatic rings. The van der Waals surface area contributed by atoms with Crippen molar-refractivity contribution >= 4 is 39.7 Å². The van der Waals surface area contributed by atoms with Crippen LogP contribution >= 0.6 is 11.3 Å². The maximum absolute atomic E-state index is 11.3. The summed E-state index contributed by atoms with van der Waals surface area (Å²) < 4.78 is 11.5. The number of carbonyl (C=O) groups excluding carboxylic acids is 1. The SMILES string of the molecule is NC(=O)c1cnc(Oc2cc3c(s2)C(N2CCOCC2)N=C(c2cccc4[nH]ncc24)N3)nc1. The maximum Gasteiger partial charge on any atom is 0.322 e. The minimum absolute atomic E-state index is 0.135. The molecule has 0 saturated carbocycles. The van der Waals surface area contributed by atoms with Gasteiger partial charge in [-0.3, -0.25) is 14.8 Å². The largest absolute Gasteiger partial charge is 0.413 e. The van der Waals surface area contributed by atoms with Crippen LogP contribution in [0.1, 0.15) is 27.0 Å². The number of benzene rings is 1. The highest BCUT2D eigenvalue weighted by atomic mass is 32.1. The van der Waals surface area contributed by atoms with Crippen LogP contribution in [0.25, 0.3) is 10.9 Å². The first-order valence-electron chi connectivity index (χ1n) is 10.7. The monoisotopic (exact) mass is 476 g/mol. The molecule has 0 aliphatic carbocycles. The highest BCUT2D eigenvalue weighted by Crippen LogP contribution is 2.44. The average Bonchev–Trinajstić information content (AvgIpc) is 3.50. The molecule has 4 N–H and O–H groups in total. The number of amidine groups is 1. The molecule has 2 aliphatic heterocycles. The minimum atomic E-state index is -0.590. The van der Waals surface area contributed by atoms with Crippen LogP contribution in [0.2, 0.25) is 0 Å². The number of nitrogens with two attached hydrogens (primary N) is 1. The van der Waals surface area contributed by atoms with Gasteiger partial charge in [0.15, 0.2) is 5.06 Å². The van der Waals surface area contributed by atoms with E-state index in [9.17, 15) is 4.79 Å². The van der Waals surface area contributed by atoms with Crippen LogP contribution in [-0.2, 0) is 4.74 Å². The Morgan fingerprint density at radius 2 is 2.03 bits per heavy atom. The van der Waals surface area contributed by atoms with Gasteiger partial charge in [-0.15, -0.1) is 0 Å². The standard InChI is InChI=1S/C22H20N8O3S/c23-19(31)12-9-24-22(25-10-12)33-17-8-16-18(34-17)21(30-4-6-32-7-5-30)28-20(27-16)13-2-1-3-15-14(13)11-26-29-15/h1-3,8-11,21H,4-7H2,(H2,23,31)(H,26,29)(H,27,28). The zero-order valence-corrected chi connectivity index (χ0v) is 18.7. The summed E-state index contributed by atoms with van der Waals surface area (Å²) in [4.78, 5) is 27.9. The van der Waals surface area contributed by atoms with E-state index < -0.39 is 5.91 Å². The molecular weight excluding hydrogens is 456 g/mol. The van der Waals surface area contributed by atoms with Crippen molar-refractivity contribution in [3.8, 4) is 11.1 Å². The van der Waals surface area contributed by atoms with Crippen molar-refractivity contribution in [2.24, 2.45) is 10.7 Å². The summed E-state index contributed by atoms with van der Waals surface area (Å²) in [5.74, 6) is 0.176. The van der Waals surface area contributed by atoms with E-state index in [1.54, 1.807) is 0 Å². The van der Waals surface area contributed by atoms with E-state index in [4.69, 9.17) is 20.2 Å². The summed E-state index contributed by atoms with van der Waals surface area (Å²) in [7, 11) is 0. The maximum atomic E-state index is 11.3. The van der Waals surface area contributed by atoms with Gasteiger partial charge < -0.3 is 20.5 Å². The number of fused-ring (bicyclic) bond motifs is 2. The first kappa shape index (κ1) is 20.7. The number of hydrogen-bond donors (Lipinski definition) is 3. The molecule has 6 rings (SSSR count). The van der Waals surface area contributed by atoms with E-state index in [0.29, 0.717) is 18.3 Å². The van der Waals surface area contributed by atoms with Gasteiger partial charge >= 0.3 is 6.01 Å². The lowest BCUT2D eigenvalue weighted by Gasteiger charge is -2.34. The Kier molecular flexibility index (Phi) is 5.17. The molecule has 0 bridgehead atoms. The number of amides is 1. The molecule has 3 aromatic heterocycles. The summed E-state index contributed by atoms with van der Waals surface area (Å²) in [6, 6.07) is 8.05. The fourth-order valence-corrected chi connectivity index (χ4v) is 5.07. The van der Waals surface area contributed by atoms with Gasteiger partial charge in [-0.05, 0) is 6.07 Å². The Bertz CT molecular complexity index is 1390. The number of morpholine rings is 1. The van der Waals surface area contributed by atoms with Gasteiger partial charge in [0.1, 0.15) is 12.0 Å². The van der Waals surface area contributed by atoms with Gasteiger partial charge in [0.2, 0.25) is 0 Å². The van der Waals surface area contributed by atoms with Gasteiger partial charge in [-0.2, -0.15) is 5.10 Å². The van der Waals surface area contributed by atoms with E-state index >= 15 is 0 Å². The number of nitrogens with zero attached hydrogens (tertiary/aromatic N) is 5. The molecule has 2 aliphatic rings. The molecule has 1 unspecified atom stereocenters. The fourth-order valence-electron chi connectivity index (χ4n) is 4.03. The van der Waals surface area contributed by atoms with Gasteiger partial charge in [-0.1, -0.05) is 23.5 Å². The number of ether oxygens (including phenoxy) is 2. The fraction of sp³-hybridized carbons (Fsp3) is 0.227. The number of rotatable bonds is 5. The highest BCUT2D eigenvalue weighted by Gasteiger charge is 2.32. The van der Waals surface area contributed by atoms with E-state index in [0.717, 1.165) is 46.0 Å². The summed E-state index contributed by atoms with van der Waals surface area (Å²) in [6.45, 7) is 2.89. The quantitative estimate of drug-likeness (QED) is 0.399. The van der Waals surface area contributed by atoms with Crippen LogP contribution < -0.4 is 15.8 Å². The van der Waals surface area contributed by atoms with Gasteiger partial charge in [0.25, 0.3) is 5.91 Å². The first-order chi connectivity index (χ1) is 16.7. The minimum Gasteiger partial charge on any atom is -0.413 e. The van der Waals surface area contributed by atoms with Crippen molar-refractivity contribution in [2.45, 2.75) is 6.17 Å². The number of primary amides is 1. The molecule has 1 atom stereocenters. The molecule has 1 amide bonds. The predicted molar refractivity (Wildman–Crippen MR) is 126 cm³/mol. The van der Waals surface area contributed by atoms with Crippen LogP contribution in [0.5, 0.6) is 11.1 Å². The smallest absolute Gasteiger partial charge is 0.322 e. The van der Waals surface area contributed by atoms with Crippen LogP contribution in [0.3, 0.4) is 0 Å². The topological polar surface area (TPSA) is 144 Å². The Morgan fingerprint density at radius 3 is 2.82 bits per heavy atom. The number of anilines is 1. The third-order valence-corrected chi connectivity index (χ3v) is 6.77. The van der Waals surface area contributed by atoms with Gasteiger partial charge in [0.05, 0.1) is 41.1 Å². The number of thiophene rings is 1. The van der Waals surface area contributed by atoms with Crippen molar-refractivity contribution in [2.75, 3.05) is 31.6 Å². The summed E-state index contributed by atoms with van der Waals surface area (Å²) in [5.41, 5.74) is 8.31. The summed E-state index contributed by atoms with van der Waals surface area (Å²) >= 11 is 1.48. The van der Waals surface area contributed by atoms with Crippen LogP contribution in [0.4, 0.5) is 5.69 Å². The number of aromatic nitrogens is 4. The lowest BCUT2D eigenvalue weighted by molar-refractivity contribution is 0.0185. The zero-order valence-electron chi connectivity index (χ0n) is 17.9. The Morgan fingerprint density at radius 1 is 1.21 bits per heavy atom. The van der Waals surface area contributed by atoms with Crippen molar-refractivity contribution < 1.29 is 14.3 Å². The number of H-pyrrole nitrogens is 1. The molecule has 11 nitrogen and oxygen atoms in total. The molecule has 34 heavy (non-hydrogen) atoms. The van der Waals surface area contributed by atoms with E-state index in [1.807, 2.05) is 30.5 Å². The van der Waals surface area contributed by atoms with Crippen molar-refractivity contribution in [3.63, 3.8) is 0 Å². The second-order valence-corrected chi connectivity index (χ2v) is 8.87. The molecule has 1 aromatic carbocycles. The number of aromatic amines is 1. The third-order valence-electron chi connectivity index (χ3n) is 5.71. The van der Waals surface area contributed by atoms with Crippen molar-refractivity contribution in [1.29, 1.82) is 0 Å². The van der Waals surface area contributed by atoms with Crippen LogP contribution in [0.15, 0.2) is 47.8 Å². The lowest BCUT2D eigenvalue weighted by Crippen LogP contribution is -2.40. The van der Waals surface area contributed by atoms with E-state index in [-0.39, 0.29) is 17.7 Å².